The molecule has 3 aliphatic heterocycles. The number of rotatable bonds is 19. The highest BCUT2D eigenvalue weighted by molar-refractivity contribution is 7.97. The summed E-state index contributed by atoms with van der Waals surface area (Å²) >= 11 is 21.1. The van der Waals surface area contributed by atoms with E-state index in [9.17, 15) is 64.7 Å². The molecule has 0 radical (unpaired) electrons. The largest absolute Gasteiger partial charge is 0.360 e. The minimum absolute atomic E-state index is 0. The Balaban J connectivity index is 0.000000227. The Morgan fingerprint density at radius 1 is 0.459 bits per heavy atom. The van der Waals surface area contributed by atoms with Gasteiger partial charge < -0.3 is 43.5 Å². The summed E-state index contributed by atoms with van der Waals surface area (Å²) in [5, 5.41) is 2.06. The predicted octanol–water partition coefficient (Wildman–Crippen LogP) is 14.8. The van der Waals surface area contributed by atoms with Crippen LogP contribution in [0.5, 0.6) is 0 Å². The van der Waals surface area contributed by atoms with Crippen molar-refractivity contribution in [2.45, 2.75) is 84.4 Å². The van der Waals surface area contributed by atoms with Crippen LogP contribution in [0.4, 0.5) is 13.2 Å². The average Bonchev–Trinajstić information content (AvgIpc) is 1.61. The molecule has 20 nitrogen and oxygen atoms in total. The average molecular weight is 1600 g/mol. The number of H-pyrrole nitrogens is 1. The molecule has 0 atom stereocenters. The number of benzene rings is 6. The van der Waals surface area contributed by atoms with Gasteiger partial charge in [0.2, 0.25) is 0 Å². The van der Waals surface area contributed by atoms with Crippen LogP contribution < -0.4 is 0 Å². The molecule has 0 aliphatic carbocycles. The minimum atomic E-state index is -3.48. The summed E-state index contributed by atoms with van der Waals surface area (Å²) in [7, 11) is 5.51. The highest BCUT2D eigenvalue weighted by Gasteiger charge is 2.33. The van der Waals surface area contributed by atoms with E-state index < -0.39 is 50.8 Å². The zero-order valence-electron chi connectivity index (χ0n) is 60.5. The molecule has 6 amide bonds. The van der Waals surface area contributed by atoms with Crippen molar-refractivity contribution in [1.82, 2.24) is 43.5 Å². The maximum absolute atomic E-state index is 13.5. The Hall–Kier alpha value is -9.27. The van der Waals surface area contributed by atoms with Gasteiger partial charge in [-0.2, -0.15) is 0 Å². The highest BCUT2D eigenvalue weighted by Crippen LogP contribution is 2.36. The number of halogens is 6. The van der Waals surface area contributed by atoms with E-state index in [-0.39, 0.29) is 84.1 Å². The lowest BCUT2D eigenvalue weighted by Gasteiger charge is -2.32. The molecule has 0 bridgehead atoms. The van der Waals surface area contributed by atoms with E-state index in [4.69, 9.17) is 34.8 Å². The number of thioether (sulfide) groups is 1. The van der Waals surface area contributed by atoms with Crippen LogP contribution >= 0.6 is 46.6 Å². The second-order valence-corrected chi connectivity index (χ2v) is 32.2. The van der Waals surface area contributed by atoms with Crippen LogP contribution in [0.3, 0.4) is 0 Å². The molecule has 3 aliphatic rings. The van der Waals surface area contributed by atoms with Crippen molar-refractivity contribution in [2.24, 2.45) is 17.8 Å². The maximum Gasteiger partial charge on any atom is 0.294 e. The number of sulfone groups is 1. The number of amides is 6. The monoisotopic (exact) mass is 1590 g/mol. The Labute approximate surface area is 654 Å². The standard InChI is InChI=1S/C27H29ClFN3O5S.C27H29ClFN3O3S.C25H25ClFN3O3.2CH4.H2/c1-30(2)27(35)25(33)22-15-32(16-38(3,36)37)24-14-23(28)21(13-20(22)24)26(34)31-10-8-18(9-11-31)12-17-4-6-19(29)7-5-17;1-30(2)27(35)25(33)22-15-32(16-36-3)24-14-23(28)21(13-20(22)24)26(34)31-10-8-18(9-11-31)12-17-4-6-19(29)7-5-17;1-29(2)25(33)23(31)20-14-28-22-13-21(26)19(12-18(20)22)24(32)30-9-7-16(8-10-30)11-15-3-5-17(27)6-4-15;;;/h4-7,13-15,18H,8-12,16H2,1-3H3;4-7,13-15,18H,8-12,16H2,1-3H3;3-6,12-14,16,28H,7-11H2,1-2H3;2*1H4;1H. The van der Waals surface area contributed by atoms with Gasteiger partial charge in [0.25, 0.3) is 52.8 Å². The van der Waals surface area contributed by atoms with Crippen molar-refractivity contribution in [3.8, 4) is 0 Å². The smallest absolute Gasteiger partial charge is 0.294 e. The molecule has 6 heterocycles. The van der Waals surface area contributed by atoms with Gasteiger partial charge in [-0.25, -0.2) is 21.6 Å². The fourth-order valence-electron chi connectivity index (χ4n) is 13.8. The number of likely N-dealkylation sites (N-methyl/N-ethyl adjacent to an activating group) is 3. The van der Waals surface area contributed by atoms with Crippen LogP contribution in [0, 0.1) is 35.2 Å². The van der Waals surface area contributed by atoms with Gasteiger partial charge in [0.1, 0.15) is 23.3 Å². The van der Waals surface area contributed by atoms with Gasteiger partial charge in [-0.05, 0) is 171 Å². The van der Waals surface area contributed by atoms with Gasteiger partial charge >= 0.3 is 0 Å². The Kier molecular flexibility index (Phi) is 28.9. The van der Waals surface area contributed by atoms with Crippen LogP contribution in [0.15, 0.2) is 128 Å². The van der Waals surface area contributed by atoms with Gasteiger partial charge in [-0.3, -0.25) is 43.2 Å². The summed E-state index contributed by atoms with van der Waals surface area (Å²) in [4.78, 5) is 127. The first-order valence-electron chi connectivity index (χ1n) is 34.8. The first-order valence-corrected chi connectivity index (χ1v) is 39.4. The predicted molar refractivity (Wildman–Crippen MR) is 426 cm³/mol. The molecule has 3 saturated heterocycles. The minimum Gasteiger partial charge on any atom is -0.360 e. The van der Waals surface area contributed by atoms with Crippen molar-refractivity contribution in [3.63, 3.8) is 0 Å². The van der Waals surface area contributed by atoms with Crippen molar-refractivity contribution in [1.29, 1.82) is 0 Å². The van der Waals surface area contributed by atoms with Crippen LogP contribution in [-0.4, -0.2) is 199 Å². The van der Waals surface area contributed by atoms with Crippen molar-refractivity contribution < 1.29 is 66.2 Å². The number of hydrogen-bond donors (Lipinski definition) is 1. The fraction of sp³-hybridized carbons (Fsp3) is 0.370. The molecule has 109 heavy (non-hydrogen) atoms. The molecule has 3 fully saturated rings. The van der Waals surface area contributed by atoms with E-state index in [1.807, 2.05) is 23.0 Å². The van der Waals surface area contributed by atoms with E-state index >= 15 is 0 Å². The van der Waals surface area contributed by atoms with Crippen LogP contribution in [0.2, 0.25) is 15.1 Å². The summed E-state index contributed by atoms with van der Waals surface area (Å²) < 4.78 is 66.7. The summed E-state index contributed by atoms with van der Waals surface area (Å²) in [6, 6.07) is 29.1. The molecule has 6 aromatic carbocycles. The van der Waals surface area contributed by atoms with Crippen molar-refractivity contribution in [2.75, 3.05) is 94.1 Å². The highest BCUT2D eigenvalue weighted by atomic mass is 35.5. The lowest BCUT2D eigenvalue weighted by Crippen LogP contribution is -2.39. The van der Waals surface area contributed by atoms with E-state index in [1.54, 1.807) is 81.2 Å². The second kappa shape index (κ2) is 37.0. The normalized spacial score (nSPS) is 14.2. The number of ketones is 3. The van der Waals surface area contributed by atoms with Crippen molar-refractivity contribution >= 4 is 142 Å². The number of fused-ring (bicyclic) bond motifs is 3. The fourth-order valence-corrected chi connectivity index (χ4v) is 15.7. The van der Waals surface area contributed by atoms with Crippen LogP contribution in [-0.2, 0) is 55.2 Å². The molecular weight excluding hydrogens is 1500 g/mol. The van der Waals surface area contributed by atoms with E-state index in [0.717, 1.165) is 85.6 Å². The van der Waals surface area contributed by atoms with Crippen LogP contribution in [0.25, 0.3) is 32.7 Å². The van der Waals surface area contributed by atoms with Crippen molar-refractivity contribution in [3.05, 3.63) is 210 Å². The quantitative estimate of drug-likeness (QED) is 0.0588. The zero-order chi connectivity index (χ0) is 77.5. The topological polar surface area (TPSA) is 233 Å². The van der Waals surface area contributed by atoms with Gasteiger partial charge in [-0.1, -0.05) is 86.1 Å². The lowest BCUT2D eigenvalue weighted by molar-refractivity contribution is -0.124. The Morgan fingerprint density at radius 2 is 0.761 bits per heavy atom. The zero-order valence-corrected chi connectivity index (χ0v) is 64.4. The van der Waals surface area contributed by atoms with Gasteiger partial charge in [0, 0.05) is 130 Å². The second-order valence-electron chi connectivity index (χ2n) is 28.1. The summed E-state index contributed by atoms with van der Waals surface area (Å²) in [6.45, 7) is 3.40. The van der Waals surface area contributed by atoms with Gasteiger partial charge in [-0.15, -0.1) is 11.8 Å². The van der Waals surface area contributed by atoms with Crippen LogP contribution in [0.1, 0.15) is 134 Å². The molecule has 0 saturated carbocycles. The SMILES string of the molecule is C.C.CN(C)C(=O)C(=O)c1c[nH]c2cc(Cl)c(C(=O)N3CCC(Cc4ccc(F)cc4)CC3)cc12.CN(C)C(=O)C(=O)c1cn(CS(C)(=O)=O)c2cc(Cl)c(C(=O)N3CCC(Cc4ccc(F)cc4)CC3)cc12.CSCn1cc(C(=O)C(=O)N(C)C)c2cc(C(=O)N3CCC(Cc4ccc(F)cc4)CC3)c(Cl)cc21.[HH]. The Morgan fingerprint density at radius 3 is 1.08 bits per heavy atom. The van der Waals surface area contributed by atoms with E-state index in [0.29, 0.717) is 111 Å². The number of hydrogen-bond acceptors (Lipinski definition) is 12. The molecule has 9 aromatic rings. The van der Waals surface area contributed by atoms with E-state index in [1.165, 1.54) is 118 Å². The summed E-state index contributed by atoms with van der Waals surface area (Å²) in [5.41, 5.74) is 6.17. The third kappa shape index (κ3) is 20.6. The molecule has 12 rings (SSSR count). The number of carbonyl (C=O) groups excluding carboxylic acids is 9. The molecule has 582 valence electrons. The third-order valence-corrected chi connectivity index (χ3v) is 21.8. The number of Topliss-reactive ketones (excluding diaryl/α,β-unsaturated/α-hetero) is 3. The first kappa shape index (κ1) is 85.3. The van der Waals surface area contributed by atoms with Gasteiger partial charge in [0.15, 0.2) is 9.84 Å². The molecule has 3 aromatic heterocycles. The molecule has 1 N–H and O–H groups in total. The molecule has 0 unspecified atom stereocenters. The van der Waals surface area contributed by atoms with E-state index in [2.05, 4.69) is 4.98 Å². The summed E-state index contributed by atoms with van der Waals surface area (Å²) in [5.74, 6) is -4.19. The number of nitrogens with zero attached hydrogens (tertiary/aromatic N) is 8. The molecule has 28 heteroatoms. The number of nitrogens with one attached hydrogen (secondary N) is 1. The number of piperidine rings is 3. The number of aromatic nitrogens is 3. The number of likely N-dealkylation sites (tertiary alicyclic amines) is 3. The molecular formula is C81H93Cl3F3N9O11S2. The summed E-state index contributed by atoms with van der Waals surface area (Å²) in [6.07, 6.45) is 14.9. The Bertz CT molecular complexity index is 5010. The molecule has 0 spiro atoms. The third-order valence-electron chi connectivity index (χ3n) is 19.6. The number of aromatic amines is 1. The first-order chi connectivity index (χ1) is 50.8. The lowest BCUT2D eigenvalue weighted by atomic mass is 9.90. The maximum atomic E-state index is 13.5. The number of carbonyl (C=O) groups is 9. The van der Waals surface area contributed by atoms with Gasteiger partial charge in [0.05, 0.1) is 65.4 Å².